The summed E-state index contributed by atoms with van der Waals surface area (Å²) in [7, 11) is 0. The summed E-state index contributed by atoms with van der Waals surface area (Å²) < 4.78 is 11.3. The van der Waals surface area contributed by atoms with Crippen molar-refractivity contribution in [1.29, 1.82) is 0 Å². The van der Waals surface area contributed by atoms with Crippen LogP contribution in [-0.4, -0.2) is 6.61 Å². The van der Waals surface area contributed by atoms with Gasteiger partial charge in [0.25, 0.3) is 0 Å². The van der Waals surface area contributed by atoms with E-state index in [9.17, 15) is 0 Å². The Kier molecular flexibility index (Phi) is 2.04. The lowest BCUT2D eigenvalue weighted by Gasteiger charge is -2.21. The van der Waals surface area contributed by atoms with Crippen molar-refractivity contribution in [2.24, 2.45) is 0 Å². The zero-order valence-electron chi connectivity index (χ0n) is 9.02. The highest BCUT2D eigenvalue weighted by molar-refractivity contribution is 5.30. The summed E-state index contributed by atoms with van der Waals surface area (Å²) >= 11 is 0. The number of ether oxygens (including phenoxy) is 1. The van der Waals surface area contributed by atoms with E-state index in [2.05, 4.69) is 19.6 Å². The van der Waals surface area contributed by atoms with E-state index in [1.165, 1.54) is 0 Å². The van der Waals surface area contributed by atoms with Gasteiger partial charge in [-0.05, 0) is 32.4 Å². The maximum atomic E-state index is 5.77. The van der Waals surface area contributed by atoms with E-state index in [0.29, 0.717) is 6.61 Å². The molecule has 1 atom stereocenters. The molecule has 0 saturated carbocycles. The van der Waals surface area contributed by atoms with Crippen LogP contribution in [0.4, 0.5) is 0 Å². The van der Waals surface area contributed by atoms with Gasteiger partial charge in [-0.25, -0.2) is 0 Å². The van der Waals surface area contributed by atoms with E-state index < -0.39 is 0 Å². The van der Waals surface area contributed by atoms with E-state index >= 15 is 0 Å². The van der Waals surface area contributed by atoms with Crippen molar-refractivity contribution in [3.05, 3.63) is 35.3 Å². The zero-order valence-corrected chi connectivity index (χ0v) is 9.02. The predicted octanol–water partition coefficient (Wildman–Crippen LogP) is 3.09. The monoisotopic (exact) mass is 192 g/mol. The number of furan rings is 1. The molecule has 2 heteroatoms. The lowest BCUT2D eigenvalue weighted by Crippen LogP contribution is -2.20. The molecule has 0 aromatic carbocycles. The molecule has 76 valence electrons. The molecular weight excluding hydrogens is 176 g/mol. The second-order valence-corrected chi connectivity index (χ2v) is 4.27. The van der Waals surface area contributed by atoms with Gasteiger partial charge in [-0.15, -0.1) is 0 Å². The van der Waals surface area contributed by atoms with E-state index in [4.69, 9.17) is 9.15 Å². The van der Waals surface area contributed by atoms with Crippen molar-refractivity contribution in [1.82, 2.24) is 0 Å². The summed E-state index contributed by atoms with van der Waals surface area (Å²) in [6, 6.07) is 2.06. The minimum Gasteiger partial charge on any atom is -0.466 e. The van der Waals surface area contributed by atoms with Crippen LogP contribution in [-0.2, 0) is 10.3 Å². The molecule has 1 aromatic heterocycles. The summed E-state index contributed by atoms with van der Waals surface area (Å²) in [5.74, 6) is 1.90. The standard InChI is InChI=1S/C12H16O2/c1-8-6-12(4,13-7-8)11-5-9(2)14-10(11)3/h5H,1,6-7H2,2-4H3/t12-/m1/s1. The molecule has 14 heavy (non-hydrogen) atoms. The SMILES string of the molecule is C=C1CO[C@@](C)(c2cc(C)oc2C)C1. The normalized spacial score (nSPS) is 27.2. The van der Waals surface area contributed by atoms with Crippen LogP contribution in [0.5, 0.6) is 0 Å². The van der Waals surface area contributed by atoms with Crippen molar-refractivity contribution >= 4 is 0 Å². The molecule has 0 aliphatic carbocycles. The second-order valence-electron chi connectivity index (χ2n) is 4.27. The molecule has 0 N–H and O–H groups in total. The molecule has 2 heterocycles. The van der Waals surface area contributed by atoms with Crippen LogP contribution in [0.15, 0.2) is 22.6 Å². The van der Waals surface area contributed by atoms with Crippen LogP contribution >= 0.6 is 0 Å². The smallest absolute Gasteiger partial charge is 0.107 e. The summed E-state index contributed by atoms with van der Waals surface area (Å²) in [5, 5.41) is 0. The molecule has 1 fully saturated rings. The van der Waals surface area contributed by atoms with Crippen molar-refractivity contribution in [2.75, 3.05) is 6.61 Å². The van der Waals surface area contributed by atoms with E-state index in [0.717, 1.165) is 29.1 Å². The van der Waals surface area contributed by atoms with Crippen LogP contribution in [0.25, 0.3) is 0 Å². The van der Waals surface area contributed by atoms with Gasteiger partial charge in [-0.1, -0.05) is 6.58 Å². The Morgan fingerprint density at radius 1 is 1.43 bits per heavy atom. The molecule has 0 spiro atoms. The van der Waals surface area contributed by atoms with Crippen LogP contribution in [0.3, 0.4) is 0 Å². The minimum absolute atomic E-state index is 0.223. The molecule has 2 nitrogen and oxygen atoms in total. The third-order valence-electron chi connectivity index (χ3n) is 2.79. The number of rotatable bonds is 1. The molecule has 1 aliphatic heterocycles. The zero-order chi connectivity index (χ0) is 10.3. The Bertz CT molecular complexity index is 376. The first-order chi connectivity index (χ1) is 6.51. The highest BCUT2D eigenvalue weighted by atomic mass is 16.5. The summed E-state index contributed by atoms with van der Waals surface area (Å²) in [6.45, 7) is 10.7. The third kappa shape index (κ3) is 1.40. The number of hydrogen-bond donors (Lipinski definition) is 0. The third-order valence-corrected chi connectivity index (χ3v) is 2.79. The van der Waals surface area contributed by atoms with Crippen molar-refractivity contribution < 1.29 is 9.15 Å². The van der Waals surface area contributed by atoms with Gasteiger partial charge in [0.2, 0.25) is 0 Å². The number of hydrogen-bond acceptors (Lipinski definition) is 2. The average Bonchev–Trinajstić information content (AvgIpc) is 2.57. The minimum atomic E-state index is -0.223. The van der Waals surface area contributed by atoms with Crippen LogP contribution in [0.2, 0.25) is 0 Å². The Morgan fingerprint density at radius 2 is 2.14 bits per heavy atom. The first-order valence-corrected chi connectivity index (χ1v) is 4.89. The molecule has 2 rings (SSSR count). The molecule has 0 unspecified atom stereocenters. The van der Waals surface area contributed by atoms with Crippen molar-refractivity contribution in [2.45, 2.75) is 32.8 Å². The quantitative estimate of drug-likeness (QED) is 0.638. The van der Waals surface area contributed by atoms with Crippen molar-refractivity contribution in [3.8, 4) is 0 Å². The van der Waals surface area contributed by atoms with E-state index in [-0.39, 0.29) is 5.60 Å². The fourth-order valence-electron chi connectivity index (χ4n) is 2.17. The van der Waals surface area contributed by atoms with E-state index in [1.54, 1.807) is 0 Å². The summed E-state index contributed by atoms with van der Waals surface area (Å²) in [5.41, 5.74) is 2.10. The fourth-order valence-corrected chi connectivity index (χ4v) is 2.17. The maximum absolute atomic E-state index is 5.77. The molecular formula is C12H16O2. The van der Waals surface area contributed by atoms with Crippen LogP contribution in [0, 0.1) is 13.8 Å². The van der Waals surface area contributed by atoms with Gasteiger partial charge in [0.05, 0.1) is 12.2 Å². The van der Waals surface area contributed by atoms with Gasteiger partial charge in [-0.2, -0.15) is 0 Å². The Morgan fingerprint density at radius 3 is 2.57 bits per heavy atom. The van der Waals surface area contributed by atoms with Gasteiger partial charge in [0, 0.05) is 12.0 Å². The largest absolute Gasteiger partial charge is 0.466 e. The topological polar surface area (TPSA) is 22.4 Å². The Hall–Kier alpha value is -1.02. The fraction of sp³-hybridized carbons (Fsp3) is 0.500. The van der Waals surface area contributed by atoms with Gasteiger partial charge in [-0.3, -0.25) is 0 Å². The van der Waals surface area contributed by atoms with Crippen LogP contribution in [0.1, 0.15) is 30.4 Å². The molecule has 1 aliphatic rings. The van der Waals surface area contributed by atoms with Gasteiger partial charge >= 0.3 is 0 Å². The summed E-state index contributed by atoms with van der Waals surface area (Å²) in [6.07, 6.45) is 0.896. The van der Waals surface area contributed by atoms with Gasteiger partial charge in [0.1, 0.15) is 11.5 Å². The lowest BCUT2D eigenvalue weighted by atomic mass is 9.92. The highest BCUT2D eigenvalue weighted by Crippen LogP contribution is 2.40. The number of aryl methyl sites for hydroxylation is 2. The average molecular weight is 192 g/mol. The first-order valence-electron chi connectivity index (χ1n) is 4.89. The van der Waals surface area contributed by atoms with Gasteiger partial charge in [0.15, 0.2) is 0 Å². The Labute approximate surface area is 84.6 Å². The Balaban J connectivity index is 2.39. The molecule has 0 bridgehead atoms. The second kappa shape index (κ2) is 2.99. The first kappa shape index (κ1) is 9.53. The van der Waals surface area contributed by atoms with Crippen LogP contribution < -0.4 is 0 Å². The molecule has 1 aromatic rings. The highest BCUT2D eigenvalue weighted by Gasteiger charge is 2.36. The van der Waals surface area contributed by atoms with E-state index in [1.807, 2.05) is 13.8 Å². The molecule has 1 saturated heterocycles. The van der Waals surface area contributed by atoms with Crippen molar-refractivity contribution in [3.63, 3.8) is 0 Å². The summed E-state index contributed by atoms with van der Waals surface area (Å²) in [4.78, 5) is 0. The van der Waals surface area contributed by atoms with Gasteiger partial charge < -0.3 is 9.15 Å². The maximum Gasteiger partial charge on any atom is 0.107 e. The lowest BCUT2D eigenvalue weighted by molar-refractivity contribution is 0.0165. The molecule has 0 radical (unpaired) electrons. The predicted molar refractivity (Wildman–Crippen MR) is 55.2 cm³/mol. The molecule has 0 amide bonds.